The van der Waals surface area contributed by atoms with E-state index in [1.165, 1.54) is 6.07 Å². The second-order valence-electron chi connectivity index (χ2n) is 4.70. The van der Waals surface area contributed by atoms with E-state index in [1.807, 2.05) is 0 Å². The van der Waals surface area contributed by atoms with Crippen LogP contribution in [0.4, 0.5) is 5.69 Å². The molecule has 1 aliphatic heterocycles. The first-order chi connectivity index (χ1) is 10.8. The molecule has 1 atom stereocenters. The van der Waals surface area contributed by atoms with Gasteiger partial charge in [0.15, 0.2) is 6.10 Å². The first-order valence-electron chi connectivity index (χ1n) is 6.33. The predicted molar refractivity (Wildman–Crippen MR) is 88.9 cm³/mol. The number of carbonyl (C=O) groups is 1. The van der Waals surface area contributed by atoms with Crippen LogP contribution in [0.1, 0.15) is 0 Å². The standard InChI is InChI=1S/C13H10Cl2N2O4S2/c14-11-5-10(12(15)22-11)23(19,20)17-6-9(13(16)18)21-8-4-2-1-3-7(8)17/h1-5,9H,6H2,(H2,16,18)/t9-/m1/s1. The van der Waals surface area contributed by atoms with Gasteiger partial charge in [0.2, 0.25) is 0 Å². The Labute approximate surface area is 146 Å². The molecule has 0 spiro atoms. The van der Waals surface area contributed by atoms with Crippen LogP contribution in [0.15, 0.2) is 35.2 Å². The van der Waals surface area contributed by atoms with E-state index in [1.54, 1.807) is 24.3 Å². The summed E-state index contributed by atoms with van der Waals surface area (Å²) < 4.78 is 32.7. The maximum Gasteiger partial charge on any atom is 0.266 e. The Bertz CT molecular complexity index is 882. The minimum atomic E-state index is -4.01. The van der Waals surface area contributed by atoms with Crippen LogP contribution in [0, 0.1) is 0 Å². The Kier molecular flexibility index (Phi) is 4.18. The maximum absolute atomic E-state index is 12.9. The summed E-state index contributed by atoms with van der Waals surface area (Å²) in [5, 5.41) is 0. The van der Waals surface area contributed by atoms with E-state index in [9.17, 15) is 13.2 Å². The number of halogens is 2. The lowest BCUT2D eigenvalue weighted by atomic mass is 10.2. The molecule has 0 fully saturated rings. The molecule has 0 radical (unpaired) electrons. The molecule has 122 valence electrons. The number of fused-ring (bicyclic) bond motifs is 1. The Morgan fingerprint density at radius 2 is 2.04 bits per heavy atom. The van der Waals surface area contributed by atoms with E-state index < -0.39 is 22.0 Å². The molecule has 6 nitrogen and oxygen atoms in total. The summed E-state index contributed by atoms with van der Waals surface area (Å²) >= 11 is 12.8. The molecule has 23 heavy (non-hydrogen) atoms. The van der Waals surface area contributed by atoms with Crippen molar-refractivity contribution < 1.29 is 17.9 Å². The number of hydrogen-bond donors (Lipinski definition) is 1. The zero-order valence-electron chi connectivity index (χ0n) is 11.4. The first-order valence-corrected chi connectivity index (χ1v) is 9.34. The number of sulfonamides is 1. The average Bonchev–Trinajstić information content (AvgIpc) is 2.85. The number of amides is 1. The summed E-state index contributed by atoms with van der Waals surface area (Å²) in [5.41, 5.74) is 5.58. The van der Waals surface area contributed by atoms with Crippen LogP contribution in [-0.2, 0) is 14.8 Å². The Morgan fingerprint density at radius 1 is 1.35 bits per heavy atom. The highest BCUT2D eigenvalue weighted by atomic mass is 35.5. The van der Waals surface area contributed by atoms with Crippen LogP contribution >= 0.6 is 34.5 Å². The van der Waals surface area contributed by atoms with Gasteiger partial charge in [-0.3, -0.25) is 9.10 Å². The molecule has 0 aliphatic carbocycles. The van der Waals surface area contributed by atoms with Gasteiger partial charge in [-0.2, -0.15) is 0 Å². The van der Waals surface area contributed by atoms with Gasteiger partial charge in [0.25, 0.3) is 15.9 Å². The molecule has 2 N–H and O–H groups in total. The third-order valence-corrected chi connectivity index (χ3v) is 6.78. The summed E-state index contributed by atoms with van der Waals surface area (Å²) in [7, 11) is -4.01. The quantitative estimate of drug-likeness (QED) is 0.868. The zero-order chi connectivity index (χ0) is 16.8. The third-order valence-electron chi connectivity index (χ3n) is 3.25. The molecule has 0 saturated heterocycles. The van der Waals surface area contributed by atoms with Gasteiger partial charge in [0.05, 0.1) is 16.6 Å². The molecule has 0 saturated carbocycles. The topological polar surface area (TPSA) is 89.7 Å². The highest BCUT2D eigenvalue weighted by molar-refractivity contribution is 7.93. The van der Waals surface area contributed by atoms with Crippen LogP contribution in [0.3, 0.4) is 0 Å². The Balaban J connectivity index is 2.14. The van der Waals surface area contributed by atoms with Crippen LogP contribution in [0.25, 0.3) is 0 Å². The molecule has 1 aliphatic rings. The monoisotopic (exact) mass is 392 g/mol. The van der Waals surface area contributed by atoms with Gasteiger partial charge in [-0.25, -0.2) is 8.42 Å². The zero-order valence-corrected chi connectivity index (χ0v) is 14.5. The number of hydrogen-bond acceptors (Lipinski definition) is 5. The van der Waals surface area contributed by atoms with Crippen LogP contribution in [0.2, 0.25) is 8.67 Å². The number of primary amides is 1. The highest BCUT2D eigenvalue weighted by Crippen LogP contribution is 2.41. The van der Waals surface area contributed by atoms with Crippen molar-refractivity contribution in [3.8, 4) is 5.75 Å². The Morgan fingerprint density at radius 3 is 2.65 bits per heavy atom. The number of nitrogens with two attached hydrogens (primary N) is 1. The molecule has 0 unspecified atom stereocenters. The summed E-state index contributed by atoms with van der Waals surface area (Å²) in [6, 6.07) is 7.75. The number of benzene rings is 1. The number of ether oxygens (including phenoxy) is 1. The number of para-hydroxylation sites is 2. The molecule has 1 amide bonds. The molecule has 3 rings (SSSR count). The van der Waals surface area contributed by atoms with E-state index in [4.69, 9.17) is 33.7 Å². The summed E-state index contributed by atoms with van der Waals surface area (Å²) in [6.45, 7) is -0.238. The molecule has 2 heterocycles. The van der Waals surface area contributed by atoms with Gasteiger partial charge in [-0.15, -0.1) is 11.3 Å². The largest absolute Gasteiger partial charge is 0.476 e. The van der Waals surface area contributed by atoms with Crippen molar-refractivity contribution in [2.24, 2.45) is 5.73 Å². The second-order valence-corrected chi connectivity index (χ2v) is 8.82. The normalized spacial score (nSPS) is 17.5. The highest BCUT2D eigenvalue weighted by Gasteiger charge is 2.38. The number of nitrogens with zero attached hydrogens (tertiary/aromatic N) is 1. The number of anilines is 1. The summed E-state index contributed by atoms with van der Waals surface area (Å²) in [5.74, 6) is -0.502. The molecule has 0 bridgehead atoms. The molecule has 1 aromatic carbocycles. The van der Waals surface area contributed by atoms with Crippen molar-refractivity contribution >= 4 is 56.2 Å². The lowest BCUT2D eigenvalue weighted by Crippen LogP contribution is -2.49. The number of carbonyl (C=O) groups excluding carboxylic acids is 1. The van der Waals surface area contributed by atoms with E-state index >= 15 is 0 Å². The van der Waals surface area contributed by atoms with Crippen LogP contribution < -0.4 is 14.8 Å². The van der Waals surface area contributed by atoms with Gasteiger partial charge < -0.3 is 10.5 Å². The van der Waals surface area contributed by atoms with Crippen molar-refractivity contribution in [3.63, 3.8) is 0 Å². The van der Waals surface area contributed by atoms with E-state index in [-0.39, 0.29) is 25.9 Å². The van der Waals surface area contributed by atoms with E-state index in [2.05, 4.69) is 0 Å². The van der Waals surface area contributed by atoms with Gasteiger partial charge in [0, 0.05) is 0 Å². The fourth-order valence-corrected chi connectivity index (χ4v) is 5.79. The molecular weight excluding hydrogens is 383 g/mol. The molecule has 1 aromatic heterocycles. The third kappa shape index (κ3) is 2.87. The van der Waals surface area contributed by atoms with Gasteiger partial charge >= 0.3 is 0 Å². The number of thiophene rings is 1. The first kappa shape index (κ1) is 16.4. The van der Waals surface area contributed by atoms with Crippen molar-refractivity contribution in [1.29, 1.82) is 0 Å². The Hall–Kier alpha value is -1.48. The smallest absolute Gasteiger partial charge is 0.266 e. The van der Waals surface area contributed by atoms with E-state index in [0.717, 1.165) is 15.6 Å². The van der Waals surface area contributed by atoms with Crippen molar-refractivity contribution in [3.05, 3.63) is 39.0 Å². The fraction of sp³-hybridized carbons (Fsp3) is 0.154. The molecular formula is C13H10Cl2N2O4S2. The van der Waals surface area contributed by atoms with Gasteiger partial charge in [0.1, 0.15) is 15.0 Å². The van der Waals surface area contributed by atoms with E-state index in [0.29, 0.717) is 5.69 Å². The maximum atomic E-state index is 12.9. The minimum absolute atomic E-state index is 0.0506. The SMILES string of the molecule is NC(=O)[C@H]1CN(S(=O)(=O)c2cc(Cl)sc2Cl)c2ccccc2O1. The minimum Gasteiger partial charge on any atom is -0.476 e. The van der Waals surface area contributed by atoms with Crippen LogP contribution in [0.5, 0.6) is 5.75 Å². The fourth-order valence-electron chi connectivity index (χ4n) is 2.20. The van der Waals surface area contributed by atoms with Crippen molar-refractivity contribution in [2.75, 3.05) is 10.8 Å². The van der Waals surface area contributed by atoms with Crippen molar-refractivity contribution in [2.45, 2.75) is 11.0 Å². The van der Waals surface area contributed by atoms with Crippen LogP contribution in [-0.4, -0.2) is 27.0 Å². The molecule has 2 aromatic rings. The average molecular weight is 393 g/mol. The second kappa shape index (κ2) is 5.86. The van der Waals surface area contributed by atoms with Gasteiger partial charge in [-0.05, 0) is 18.2 Å². The molecule has 10 heteroatoms. The van der Waals surface area contributed by atoms with Crippen molar-refractivity contribution in [1.82, 2.24) is 0 Å². The number of rotatable bonds is 3. The summed E-state index contributed by atoms with van der Waals surface area (Å²) in [6.07, 6.45) is -1.09. The lowest BCUT2D eigenvalue weighted by molar-refractivity contribution is -0.124. The summed E-state index contributed by atoms with van der Waals surface area (Å²) in [4.78, 5) is 11.4. The lowest BCUT2D eigenvalue weighted by Gasteiger charge is -2.33. The van der Waals surface area contributed by atoms with Gasteiger partial charge in [-0.1, -0.05) is 35.3 Å². The predicted octanol–water partition coefficient (Wildman–Crippen LogP) is 2.50.